The van der Waals surface area contributed by atoms with Crippen LogP contribution >= 0.6 is 0 Å². The van der Waals surface area contributed by atoms with Crippen LogP contribution in [0.5, 0.6) is 0 Å². The molecule has 2 heterocycles. The fraction of sp³-hybridized carbons (Fsp3) is 0.462. The number of anilines is 1. The molecular formula is C13H19N5. The molecule has 0 saturated heterocycles. The molecule has 0 aliphatic heterocycles. The van der Waals surface area contributed by atoms with Gasteiger partial charge in [-0.15, -0.1) is 0 Å². The summed E-state index contributed by atoms with van der Waals surface area (Å²) in [6.07, 6.45) is 5.49. The Bertz CT molecular complexity index is 521. The number of nitrogen functional groups attached to an aromatic ring is 1. The summed E-state index contributed by atoms with van der Waals surface area (Å²) in [6, 6.07) is 0. The van der Waals surface area contributed by atoms with Crippen LogP contribution < -0.4 is 5.73 Å². The Hall–Kier alpha value is -1.91. The lowest BCUT2D eigenvalue weighted by Gasteiger charge is -2.10. The van der Waals surface area contributed by atoms with E-state index in [1.807, 2.05) is 6.92 Å². The Labute approximate surface area is 107 Å². The van der Waals surface area contributed by atoms with Crippen molar-refractivity contribution in [3.05, 3.63) is 23.8 Å². The zero-order valence-electron chi connectivity index (χ0n) is 11.1. The molecular weight excluding hydrogens is 226 g/mol. The summed E-state index contributed by atoms with van der Waals surface area (Å²) >= 11 is 0. The van der Waals surface area contributed by atoms with E-state index in [1.54, 1.807) is 12.5 Å². The summed E-state index contributed by atoms with van der Waals surface area (Å²) in [5, 5.41) is 0. The average Bonchev–Trinajstić information content (AvgIpc) is 2.77. The highest BCUT2D eigenvalue weighted by molar-refractivity contribution is 5.54. The van der Waals surface area contributed by atoms with E-state index >= 15 is 0 Å². The van der Waals surface area contributed by atoms with Crippen molar-refractivity contribution in [2.45, 2.75) is 40.2 Å². The first kappa shape index (κ1) is 12.5. The van der Waals surface area contributed by atoms with Gasteiger partial charge in [0.05, 0.1) is 12.5 Å². The van der Waals surface area contributed by atoms with Gasteiger partial charge >= 0.3 is 0 Å². The quantitative estimate of drug-likeness (QED) is 0.896. The molecule has 2 aromatic rings. The second-order valence-corrected chi connectivity index (χ2v) is 4.32. The van der Waals surface area contributed by atoms with Gasteiger partial charge in [0.2, 0.25) is 0 Å². The van der Waals surface area contributed by atoms with Crippen molar-refractivity contribution in [1.29, 1.82) is 0 Å². The van der Waals surface area contributed by atoms with Crippen LogP contribution in [-0.2, 0) is 13.0 Å². The molecule has 2 N–H and O–H groups in total. The summed E-state index contributed by atoms with van der Waals surface area (Å²) in [4.78, 5) is 13.1. The van der Waals surface area contributed by atoms with Gasteiger partial charge in [-0.25, -0.2) is 15.0 Å². The Kier molecular flexibility index (Phi) is 3.60. The van der Waals surface area contributed by atoms with Gasteiger partial charge < -0.3 is 10.3 Å². The van der Waals surface area contributed by atoms with Crippen molar-refractivity contribution in [3.8, 4) is 11.5 Å². The van der Waals surface area contributed by atoms with Crippen LogP contribution in [0.15, 0.2) is 12.5 Å². The van der Waals surface area contributed by atoms with Crippen LogP contribution in [0.3, 0.4) is 0 Å². The minimum Gasteiger partial charge on any atom is -0.383 e. The van der Waals surface area contributed by atoms with Crippen molar-refractivity contribution in [2.75, 3.05) is 5.73 Å². The molecule has 5 nitrogen and oxygen atoms in total. The van der Waals surface area contributed by atoms with Crippen LogP contribution in [0, 0.1) is 6.92 Å². The zero-order chi connectivity index (χ0) is 13.1. The largest absolute Gasteiger partial charge is 0.383 e. The second-order valence-electron chi connectivity index (χ2n) is 4.32. The molecule has 0 aromatic carbocycles. The molecule has 0 spiro atoms. The third kappa shape index (κ3) is 2.20. The van der Waals surface area contributed by atoms with Crippen molar-refractivity contribution in [2.24, 2.45) is 0 Å². The Morgan fingerprint density at radius 2 is 2.06 bits per heavy atom. The molecule has 0 saturated carbocycles. The first-order valence-electron chi connectivity index (χ1n) is 6.30. The molecule has 0 amide bonds. The summed E-state index contributed by atoms with van der Waals surface area (Å²) in [6.45, 7) is 7.07. The van der Waals surface area contributed by atoms with E-state index in [9.17, 15) is 0 Å². The van der Waals surface area contributed by atoms with Gasteiger partial charge in [0.25, 0.3) is 0 Å². The third-order valence-electron chi connectivity index (χ3n) is 3.01. The maximum absolute atomic E-state index is 5.98. The van der Waals surface area contributed by atoms with Gasteiger partial charge in [0.1, 0.15) is 11.5 Å². The molecule has 0 atom stereocenters. The number of nitrogens with zero attached hydrogens (tertiary/aromatic N) is 4. The van der Waals surface area contributed by atoms with Crippen molar-refractivity contribution >= 4 is 5.82 Å². The van der Waals surface area contributed by atoms with E-state index in [4.69, 9.17) is 5.73 Å². The normalized spacial score (nSPS) is 10.8. The Morgan fingerprint density at radius 1 is 1.28 bits per heavy atom. The molecule has 0 unspecified atom stereocenters. The highest BCUT2D eigenvalue weighted by Gasteiger charge is 2.12. The lowest BCUT2D eigenvalue weighted by Crippen LogP contribution is -2.07. The minimum atomic E-state index is 0.573. The van der Waals surface area contributed by atoms with E-state index in [0.717, 1.165) is 36.3 Å². The third-order valence-corrected chi connectivity index (χ3v) is 3.01. The molecule has 2 rings (SSSR count). The number of aromatic nitrogens is 4. The monoisotopic (exact) mass is 245 g/mol. The lowest BCUT2D eigenvalue weighted by molar-refractivity contribution is 0.681. The summed E-state index contributed by atoms with van der Waals surface area (Å²) in [5.74, 6) is 1.23. The predicted molar refractivity (Wildman–Crippen MR) is 72.1 cm³/mol. The Balaban J connectivity index is 2.48. The van der Waals surface area contributed by atoms with Gasteiger partial charge in [-0.3, -0.25) is 0 Å². The Morgan fingerprint density at radius 3 is 2.67 bits per heavy atom. The molecule has 0 aliphatic carbocycles. The standard InChI is InChI=1S/C13H19N5/c1-4-6-18-8-15-7-11(18)13-16-9(3)10(5-2)12(14)17-13/h7-8H,4-6H2,1-3H3,(H2,14,16,17). The van der Waals surface area contributed by atoms with Gasteiger partial charge in [-0.2, -0.15) is 0 Å². The number of hydrogen-bond donors (Lipinski definition) is 1. The fourth-order valence-corrected chi connectivity index (χ4v) is 2.10. The maximum atomic E-state index is 5.98. The molecule has 96 valence electrons. The average molecular weight is 245 g/mol. The van der Waals surface area contributed by atoms with Crippen molar-refractivity contribution in [3.63, 3.8) is 0 Å². The van der Waals surface area contributed by atoms with Gasteiger partial charge in [-0.1, -0.05) is 13.8 Å². The summed E-state index contributed by atoms with van der Waals surface area (Å²) < 4.78 is 2.06. The van der Waals surface area contributed by atoms with Crippen LogP contribution in [0.25, 0.3) is 11.5 Å². The maximum Gasteiger partial charge on any atom is 0.180 e. The molecule has 18 heavy (non-hydrogen) atoms. The van der Waals surface area contributed by atoms with Crippen LogP contribution in [-0.4, -0.2) is 19.5 Å². The van der Waals surface area contributed by atoms with E-state index in [2.05, 4.69) is 33.4 Å². The first-order chi connectivity index (χ1) is 8.67. The molecule has 0 aliphatic rings. The second kappa shape index (κ2) is 5.16. The highest BCUT2D eigenvalue weighted by Crippen LogP contribution is 2.20. The molecule has 2 aromatic heterocycles. The number of nitrogens with two attached hydrogens (primary N) is 1. The molecule has 0 radical (unpaired) electrons. The zero-order valence-corrected chi connectivity index (χ0v) is 11.1. The summed E-state index contributed by atoms with van der Waals surface area (Å²) in [7, 11) is 0. The number of aryl methyl sites for hydroxylation is 2. The van der Waals surface area contributed by atoms with Crippen LogP contribution in [0.2, 0.25) is 0 Å². The molecule has 5 heteroatoms. The van der Waals surface area contributed by atoms with E-state index < -0.39 is 0 Å². The minimum absolute atomic E-state index is 0.573. The lowest BCUT2D eigenvalue weighted by atomic mass is 10.1. The summed E-state index contributed by atoms with van der Waals surface area (Å²) in [5.41, 5.74) is 8.88. The van der Waals surface area contributed by atoms with E-state index in [1.165, 1.54) is 0 Å². The molecule has 0 fully saturated rings. The fourth-order valence-electron chi connectivity index (χ4n) is 2.10. The number of rotatable bonds is 4. The molecule has 0 bridgehead atoms. The predicted octanol–water partition coefficient (Wildman–Crippen LogP) is 2.20. The topological polar surface area (TPSA) is 69.6 Å². The van der Waals surface area contributed by atoms with Crippen LogP contribution in [0.1, 0.15) is 31.5 Å². The van der Waals surface area contributed by atoms with E-state index in [-0.39, 0.29) is 0 Å². The van der Waals surface area contributed by atoms with Gasteiger partial charge in [-0.05, 0) is 19.8 Å². The van der Waals surface area contributed by atoms with Gasteiger partial charge in [0.15, 0.2) is 5.82 Å². The number of hydrogen-bond acceptors (Lipinski definition) is 4. The first-order valence-corrected chi connectivity index (χ1v) is 6.30. The highest BCUT2D eigenvalue weighted by atomic mass is 15.1. The van der Waals surface area contributed by atoms with Crippen LogP contribution in [0.4, 0.5) is 5.82 Å². The van der Waals surface area contributed by atoms with Crippen molar-refractivity contribution in [1.82, 2.24) is 19.5 Å². The van der Waals surface area contributed by atoms with Crippen molar-refractivity contribution < 1.29 is 0 Å². The number of imidazole rings is 1. The smallest absolute Gasteiger partial charge is 0.180 e. The SMILES string of the molecule is CCCn1cncc1-c1nc(C)c(CC)c(N)n1. The van der Waals surface area contributed by atoms with Gasteiger partial charge in [0, 0.05) is 17.8 Å². The van der Waals surface area contributed by atoms with E-state index in [0.29, 0.717) is 11.6 Å².